The van der Waals surface area contributed by atoms with Crippen molar-refractivity contribution in [2.45, 2.75) is 18.1 Å². The van der Waals surface area contributed by atoms with E-state index in [0.29, 0.717) is 13.0 Å². The van der Waals surface area contributed by atoms with Crippen molar-refractivity contribution in [3.8, 4) is 0 Å². The zero-order valence-corrected chi connectivity index (χ0v) is 9.50. The number of thiol groups is 1. The molecule has 7 heteroatoms. The second-order valence-corrected chi connectivity index (χ2v) is 5.01. The summed E-state index contributed by atoms with van der Waals surface area (Å²) in [6.07, 6.45) is 4.02. The van der Waals surface area contributed by atoms with E-state index in [9.17, 15) is 8.42 Å². The lowest BCUT2D eigenvalue weighted by atomic mass is 10.5. The van der Waals surface area contributed by atoms with Crippen LogP contribution >= 0.6 is 12.6 Å². The quantitative estimate of drug-likeness (QED) is 0.436. The number of nitrogens with zero attached hydrogens (tertiary/aromatic N) is 2. The molecule has 0 aliphatic rings. The van der Waals surface area contributed by atoms with Gasteiger partial charge in [-0.3, -0.25) is 4.55 Å². The summed E-state index contributed by atoms with van der Waals surface area (Å²) in [7, 11) is -2.00. The fraction of sp³-hybridized carbons (Fsp3) is 0.571. The predicted molar refractivity (Wildman–Crippen MR) is 53.9 cm³/mol. The third-order valence-corrected chi connectivity index (χ3v) is 3.22. The van der Waals surface area contributed by atoms with Gasteiger partial charge in [0.05, 0.1) is 19.3 Å². The second-order valence-electron chi connectivity index (χ2n) is 3.04. The largest absolute Gasteiger partial charge is 0.314 e. The van der Waals surface area contributed by atoms with E-state index in [1.165, 1.54) is 0 Å². The van der Waals surface area contributed by atoms with Gasteiger partial charge in [-0.05, 0) is 0 Å². The highest BCUT2D eigenvalue weighted by Crippen LogP contribution is 1.98. The van der Waals surface area contributed by atoms with Crippen molar-refractivity contribution in [3.63, 3.8) is 0 Å². The molecule has 1 heterocycles. The van der Waals surface area contributed by atoms with Crippen molar-refractivity contribution < 1.29 is 17.5 Å². The topological polar surface area (TPSA) is 63.2 Å². The average Bonchev–Trinajstić information content (AvgIpc) is 2.33. The van der Waals surface area contributed by atoms with Crippen molar-refractivity contribution in [2.75, 3.05) is 5.75 Å². The van der Waals surface area contributed by atoms with Crippen LogP contribution in [0.4, 0.5) is 0 Å². The monoisotopic (exact) mass is 237 g/mol. The van der Waals surface area contributed by atoms with Gasteiger partial charge in [-0.2, -0.15) is 8.42 Å². The average molecular weight is 237 g/mol. The molecule has 80 valence electrons. The van der Waals surface area contributed by atoms with Crippen molar-refractivity contribution in [2.24, 2.45) is 7.05 Å². The summed E-state index contributed by atoms with van der Waals surface area (Å²) < 4.78 is 33.0. The number of aromatic nitrogens is 2. The van der Waals surface area contributed by atoms with Crippen molar-refractivity contribution in [1.82, 2.24) is 4.57 Å². The van der Waals surface area contributed by atoms with Crippen LogP contribution in [0, 0.1) is 0 Å². The lowest BCUT2D eigenvalue weighted by molar-refractivity contribution is -0.732. The summed E-state index contributed by atoms with van der Waals surface area (Å²) in [5.74, 6) is -0.220. The van der Waals surface area contributed by atoms with Gasteiger partial charge in [0, 0.05) is 6.42 Å². The predicted octanol–water partition coefficient (Wildman–Crippen LogP) is -0.121. The summed E-state index contributed by atoms with van der Waals surface area (Å²) >= 11 is 4.22. The molecule has 1 aromatic heterocycles. The molecule has 1 N–H and O–H groups in total. The molecule has 0 atom stereocenters. The molecule has 1 rings (SSSR count). The third-order valence-electron chi connectivity index (χ3n) is 1.84. The Bertz CT molecular complexity index is 411. The molecule has 14 heavy (non-hydrogen) atoms. The van der Waals surface area contributed by atoms with Gasteiger partial charge in [0.15, 0.2) is 0 Å². The Kier molecular flexibility index (Phi) is 3.57. The number of hydrogen-bond acceptors (Lipinski definition) is 3. The SMILES string of the molecule is Cn1cc[n+](CCCS(=O)(=O)O)c1S. The van der Waals surface area contributed by atoms with Gasteiger partial charge in [0.2, 0.25) is 0 Å². The van der Waals surface area contributed by atoms with Crippen LogP contribution in [0.2, 0.25) is 0 Å². The van der Waals surface area contributed by atoms with E-state index in [1.807, 2.05) is 28.6 Å². The fourth-order valence-electron chi connectivity index (χ4n) is 1.11. The number of imidazole rings is 1. The van der Waals surface area contributed by atoms with Gasteiger partial charge >= 0.3 is 5.16 Å². The lowest BCUT2D eigenvalue weighted by Gasteiger charge is -1.97. The van der Waals surface area contributed by atoms with E-state index >= 15 is 0 Å². The molecule has 0 amide bonds. The van der Waals surface area contributed by atoms with Crippen molar-refractivity contribution in [1.29, 1.82) is 0 Å². The van der Waals surface area contributed by atoms with Gasteiger partial charge in [-0.1, -0.05) is 12.6 Å². The zero-order valence-electron chi connectivity index (χ0n) is 7.79. The first-order valence-corrected chi connectivity index (χ1v) is 6.14. The smallest absolute Gasteiger partial charge is 0.286 e. The number of aryl methyl sites for hydroxylation is 2. The summed E-state index contributed by atoms with van der Waals surface area (Å²) in [6, 6.07) is 0. The highest BCUT2D eigenvalue weighted by molar-refractivity contribution is 7.85. The van der Waals surface area contributed by atoms with Crippen LogP contribution < -0.4 is 4.57 Å². The highest BCUT2D eigenvalue weighted by atomic mass is 32.2. The van der Waals surface area contributed by atoms with Gasteiger partial charge < -0.3 is 0 Å². The Balaban J connectivity index is 2.51. The molecule has 0 saturated heterocycles. The van der Waals surface area contributed by atoms with Crippen LogP contribution in [0.5, 0.6) is 0 Å². The maximum Gasteiger partial charge on any atom is 0.314 e. The minimum atomic E-state index is -3.85. The van der Waals surface area contributed by atoms with Crippen LogP contribution in [0.25, 0.3) is 0 Å². The Labute approximate surface area is 88.5 Å². The molecule has 0 aromatic carbocycles. The van der Waals surface area contributed by atoms with Crippen molar-refractivity contribution >= 4 is 22.7 Å². The van der Waals surface area contributed by atoms with E-state index in [0.717, 1.165) is 5.16 Å². The molecule has 0 saturated carbocycles. The molecule has 0 radical (unpaired) electrons. The molecular formula is C7H13N2O3S2+. The fourth-order valence-corrected chi connectivity index (χ4v) is 1.84. The minimum Gasteiger partial charge on any atom is -0.286 e. The standard InChI is InChI=1S/C7H12N2O3S2/c1-8-4-5-9(7(8)13)3-2-6-14(10,11)12/h4-5H,2-3,6H2,1H3,(H,10,11,12)/p+1. The van der Waals surface area contributed by atoms with Gasteiger partial charge in [-0.15, -0.1) is 0 Å². The minimum absolute atomic E-state index is 0.220. The maximum atomic E-state index is 10.4. The molecule has 0 aliphatic carbocycles. The van der Waals surface area contributed by atoms with E-state index in [-0.39, 0.29) is 5.75 Å². The van der Waals surface area contributed by atoms with Crippen LogP contribution in [-0.2, 0) is 23.7 Å². The lowest BCUT2D eigenvalue weighted by Crippen LogP contribution is -2.34. The highest BCUT2D eigenvalue weighted by Gasteiger charge is 2.11. The molecule has 0 aliphatic heterocycles. The van der Waals surface area contributed by atoms with E-state index in [2.05, 4.69) is 12.6 Å². The van der Waals surface area contributed by atoms with Crippen LogP contribution in [0.3, 0.4) is 0 Å². The summed E-state index contributed by atoms with van der Waals surface area (Å²) in [6.45, 7) is 0.527. The Morgan fingerprint density at radius 3 is 2.71 bits per heavy atom. The first kappa shape index (κ1) is 11.5. The van der Waals surface area contributed by atoms with Gasteiger partial charge in [0.25, 0.3) is 10.1 Å². The molecule has 5 nitrogen and oxygen atoms in total. The van der Waals surface area contributed by atoms with E-state index in [4.69, 9.17) is 4.55 Å². The van der Waals surface area contributed by atoms with Crippen LogP contribution in [-0.4, -0.2) is 23.3 Å². The molecule has 0 fully saturated rings. The van der Waals surface area contributed by atoms with Gasteiger partial charge in [-0.25, -0.2) is 9.13 Å². The molecule has 1 aromatic rings. The van der Waals surface area contributed by atoms with E-state index in [1.54, 1.807) is 0 Å². The first-order valence-electron chi connectivity index (χ1n) is 4.09. The molecule has 0 unspecified atom stereocenters. The Hall–Kier alpha value is -0.530. The van der Waals surface area contributed by atoms with Crippen molar-refractivity contribution in [3.05, 3.63) is 12.4 Å². The third kappa shape index (κ3) is 3.32. The summed E-state index contributed by atoms with van der Waals surface area (Å²) in [5.41, 5.74) is 0. The Morgan fingerprint density at radius 2 is 2.29 bits per heavy atom. The summed E-state index contributed by atoms with van der Waals surface area (Å²) in [5, 5.41) is 0.750. The summed E-state index contributed by atoms with van der Waals surface area (Å²) in [4.78, 5) is 0. The molecule has 0 bridgehead atoms. The first-order chi connectivity index (χ1) is 6.40. The second kappa shape index (κ2) is 4.33. The normalized spacial score (nSPS) is 11.9. The number of hydrogen-bond donors (Lipinski definition) is 2. The van der Waals surface area contributed by atoms with Crippen LogP contribution in [0.1, 0.15) is 6.42 Å². The molecular weight excluding hydrogens is 224 g/mol. The van der Waals surface area contributed by atoms with Crippen LogP contribution in [0.15, 0.2) is 17.6 Å². The Morgan fingerprint density at radius 1 is 1.64 bits per heavy atom. The van der Waals surface area contributed by atoms with E-state index < -0.39 is 10.1 Å². The number of rotatable bonds is 4. The maximum absolute atomic E-state index is 10.4. The molecule has 0 spiro atoms. The van der Waals surface area contributed by atoms with Gasteiger partial charge in [0.1, 0.15) is 12.4 Å². The zero-order chi connectivity index (χ0) is 10.8.